The predicted octanol–water partition coefficient (Wildman–Crippen LogP) is 5.25. The SMILES string of the molecule is CNC(=O)C(Cc1cccc(OOC(C)=O)c1C)c1nc(-c2ccccc2)c(-c2ccccc2)o1. The number of carbonyl (C=O) groups excluding carboxylic acids is 2. The van der Waals surface area contributed by atoms with Gasteiger partial charge >= 0.3 is 5.97 Å². The molecule has 0 bridgehead atoms. The first-order valence-corrected chi connectivity index (χ1v) is 11.2. The van der Waals surface area contributed by atoms with E-state index in [-0.39, 0.29) is 5.91 Å². The van der Waals surface area contributed by atoms with Crippen molar-refractivity contribution in [3.05, 3.63) is 95.9 Å². The maximum absolute atomic E-state index is 13.0. The van der Waals surface area contributed by atoms with Crippen molar-refractivity contribution in [1.29, 1.82) is 0 Å². The number of nitrogens with zero attached hydrogens (tertiary/aromatic N) is 1. The van der Waals surface area contributed by atoms with Gasteiger partial charge in [-0.15, -0.1) is 0 Å². The lowest BCUT2D eigenvalue weighted by molar-refractivity contribution is -0.211. The van der Waals surface area contributed by atoms with Crippen molar-refractivity contribution in [2.45, 2.75) is 26.2 Å². The van der Waals surface area contributed by atoms with Crippen LogP contribution in [0.1, 0.15) is 29.9 Å². The zero-order valence-electron chi connectivity index (χ0n) is 19.8. The zero-order chi connectivity index (χ0) is 24.8. The molecule has 3 aromatic carbocycles. The van der Waals surface area contributed by atoms with Gasteiger partial charge in [-0.3, -0.25) is 14.6 Å². The maximum Gasteiger partial charge on any atom is 0.352 e. The Balaban J connectivity index is 1.76. The highest BCUT2D eigenvalue weighted by Gasteiger charge is 2.29. The Bertz CT molecular complexity index is 1260. The number of oxazole rings is 1. The highest BCUT2D eigenvalue weighted by molar-refractivity contribution is 5.84. The summed E-state index contributed by atoms with van der Waals surface area (Å²) in [5, 5.41) is 2.73. The molecule has 1 heterocycles. The summed E-state index contributed by atoms with van der Waals surface area (Å²) in [7, 11) is 1.58. The molecular formula is C28H26N2O5. The molecule has 0 spiro atoms. The van der Waals surface area contributed by atoms with Crippen molar-refractivity contribution in [3.8, 4) is 28.3 Å². The van der Waals surface area contributed by atoms with Crippen molar-refractivity contribution in [2.75, 3.05) is 7.05 Å². The fraction of sp³-hybridized carbons (Fsp3) is 0.179. The third-order valence-corrected chi connectivity index (χ3v) is 5.66. The Kier molecular flexibility index (Phi) is 7.26. The van der Waals surface area contributed by atoms with Crippen LogP contribution in [0.4, 0.5) is 0 Å². The molecule has 178 valence electrons. The molecule has 0 aliphatic carbocycles. The van der Waals surface area contributed by atoms with E-state index in [0.717, 1.165) is 22.3 Å². The predicted molar refractivity (Wildman–Crippen MR) is 131 cm³/mol. The van der Waals surface area contributed by atoms with Gasteiger partial charge in [0.15, 0.2) is 11.5 Å². The summed E-state index contributed by atoms with van der Waals surface area (Å²) in [6, 6.07) is 24.8. The third-order valence-electron chi connectivity index (χ3n) is 5.66. The molecular weight excluding hydrogens is 444 g/mol. The number of rotatable bonds is 8. The van der Waals surface area contributed by atoms with E-state index in [2.05, 4.69) is 10.2 Å². The number of aromatic nitrogens is 1. The van der Waals surface area contributed by atoms with E-state index in [4.69, 9.17) is 14.3 Å². The number of likely N-dealkylation sites (N-methyl/N-ethyl adjacent to an activating group) is 1. The van der Waals surface area contributed by atoms with Gasteiger partial charge in [0.05, 0.1) is 0 Å². The molecule has 0 radical (unpaired) electrons. The zero-order valence-corrected chi connectivity index (χ0v) is 19.8. The molecule has 7 heteroatoms. The molecule has 0 aliphatic heterocycles. The smallest absolute Gasteiger partial charge is 0.352 e. The molecule has 0 saturated heterocycles. The maximum atomic E-state index is 13.0. The van der Waals surface area contributed by atoms with Crippen LogP contribution in [-0.4, -0.2) is 23.9 Å². The molecule has 1 unspecified atom stereocenters. The van der Waals surface area contributed by atoms with E-state index in [9.17, 15) is 9.59 Å². The van der Waals surface area contributed by atoms with Crippen molar-refractivity contribution in [2.24, 2.45) is 0 Å². The lowest BCUT2D eigenvalue weighted by atomic mass is 9.94. The average Bonchev–Trinajstić information content (AvgIpc) is 3.33. The minimum absolute atomic E-state index is 0.226. The molecule has 0 fully saturated rings. The van der Waals surface area contributed by atoms with E-state index >= 15 is 0 Å². The number of amides is 1. The summed E-state index contributed by atoms with van der Waals surface area (Å²) in [6.07, 6.45) is 0.311. The number of hydrogen-bond acceptors (Lipinski definition) is 6. The first-order valence-electron chi connectivity index (χ1n) is 11.2. The minimum Gasteiger partial charge on any atom is -0.439 e. The standard InChI is InChI=1S/C28H26N2O5/c1-18-22(15-10-16-24(18)35-34-19(2)31)17-23(27(32)29-3)28-30-25(20-11-6-4-7-12-20)26(33-28)21-13-8-5-9-14-21/h4-16,23H,17H2,1-3H3,(H,29,32). The van der Waals surface area contributed by atoms with Crippen LogP contribution in [0.25, 0.3) is 22.6 Å². The minimum atomic E-state index is -0.692. The Labute approximate surface area is 203 Å². The quantitative estimate of drug-likeness (QED) is 0.280. The second-order valence-electron chi connectivity index (χ2n) is 8.03. The first-order chi connectivity index (χ1) is 17.0. The fourth-order valence-electron chi connectivity index (χ4n) is 3.82. The van der Waals surface area contributed by atoms with E-state index in [0.29, 0.717) is 29.5 Å². The van der Waals surface area contributed by atoms with E-state index in [1.54, 1.807) is 19.2 Å². The van der Waals surface area contributed by atoms with Crippen molar-refractivity contribution in [3.63, 3.8) is 0 Å². The molecule has 0 saturated carbocycles. The second-order valence-corrected chi connectivity index (χ2v) is 8.03. The van der Waals surface area contributed by atoms with E-state index < -0.39 is 11.9 Å². The highest BCUT2D eigenvalue weighted by Crippen LogP contribution is 2.36. The molecule has 35 heavy (non-hydrogen) atoms. The van der Waals surface area contributed by atoms with Crippen LogP contribution in [-0.2, 0) is 20.9 Å². The number of nitrogens with one attached hydrogen (secondary N) is 1. The topological polar surface area (TPSA) is 90.7 Å². The van der Waals surface area contributed by atoms with Crippen LogP contribution >= 0.6 is 0 Å². The van der Waals surface area contributed by atoms with Gasteiger partial charge < -0.3 is 9.73 Å². The molecule has 1 N–H and O–H groups in total. The van der Waals surface area contributed by atoms with Crippen LogP contribution < -0.4 is 10.2 Å². The number of benzene rings is 3. The lowest BCUT2D eigenvalue weighted by Gasteiger charge is -2.15. The highest BCUT2D eigenvalue weighted by atomic mass is 17.2. The molecule has 0 aliphatic rings. The fourth-order valence-corrected chi connectivity index (χ4v) is 3.82. The largest absolute Gasteiger partial charge is 0.439 e. The van der Waals surface area contributed by atoms with Crippen molar-refractivity contribution in [1.82, 2.24) is 10.3 Å². The average molecular weight is 471 g/mol. The molecule has 1 aromatic heterocycles. The Morgan fingerprint density at radius 1 is 0.943 bits per heavy atom. The van der Waals surface area contributed by atoms with Gasteiger partial charge in [0.1, 0.15) is 11.6 Å². The van der Waals surface area contributed by atoms with E-state index in [1.165, 1.54) is 6.92 Å². The van der Waals surface area contributed by atoms with Gasteiger partial charge in [0, 0.05) is 25.1 Å². The molecule has 1 atom stereocenters. The van der Waals surface area contributed by atoms with Crippen LogP contribution in [0.5, 0.6) is 5.75 Å². The summed E-state index contributed by atoms with van der Waals surface area (Å²) in [5.41, 5.74) is 4.02. The van der Waals surface area contributed by atoms with Gasteiger partial charge in [-0.05, 0) is 30.5 Å². The summed E-state index contributed by atoms with van der Waals surface area (Å²) < 4.78 is 6.29. The molecule has 1 amide bonds. The van der Waals surface area contributed by atoms with E-state index in [1.807, 2.05) is 73.7 Å². The second kappa shape index (κ2) is 10.7. The monoisotopic (exact) mass is 470 g/mol. The van der Waals surface area contributed by atoms with Gasteiger partial charge in [-0.25, -0.2) is 9.78 Å². The third kappa shape index (κ3) is 5.41. The number of carbonyl (C=O) groups is 2. The first kappa shape index (κ1) is 23.8. The van der Waals surface area contributed by atoms with Crippen LogP contribution in [0, 0.1) is 6.92 Å². The normalized spacial score (nSPS) is 11.5. The molecule has 7 nitrogen and oxygen atoms in total. The van der Waals surface area contributed by atoms with Gasteiger partial charge in [0.25, 0.3) is 0 Å². The number of hydrogen-bond donors (Lipinski definition) is 1. The van der Waals surface area contributed by atoms with Gasteiger partial charge in [-0.2, -0.15) is 0 Å². The summed E-state index contributed by atoms with van der Waals surface area (Å²) in [4.78, 5) is 38.8. The molecule has 4 rings (SSSR count). The van der Waals surface area contributed by atoms with Crippen molar-refractivity contribution >= 4 is 11.9 Å². The summed E-state index contributed by atoms with van der Waals surface area (Å²) in [5.74, 6) is -0.161. The summed E-state index contributed by atoms with van der Waals surface area (Å²) in [6.45, 7) is 3.10. The van der Waals surface area contributed by atoms with Crippen LogP contribution in [0.2, 0.25) is 0 Å². The Morgan fingerprint density at radius 3 is 2.23 bits per heavy atom. The summed E-state index contributed by atoms with van der Waals surface area (Å²) >= 11 is 0. The van der Waals surface area contributed by atoms with Crippen LogP contribution in [0.15, 0.2) is 83.3 Å². The van der Waals surface area contributed by atoms with Crippen molar-refractivity contribution < 1.29 is 23.8 Å². The lowest BCUT2D eigenvalue weighted by Crippen LogP contribution is -2.27. The van der Waals surface area contributed by atoms with Gasteiger partial charge in [-0.1, -0.05) is 72.8 Å². The van der Waals surface area contributed by atoms with Gasteiger partial charge in [0.2, 0.25) is 11.8 Å². The molecule has 4 aromatic rings. The Morgan fingerprint density at radius 2 is 1.60 bits per heavy atom. The van der Waals surface area contributed by atoms with Crippen LogP contribution in [0.3, 0.4) is 0 Å². The Hall–Kier alpha value is -4.39.